The summed E-state index contributed by atoms with van der Waals surface area (Å²) in [5, 5.41) is 0. The van der Waals surface area contributed by atoms with Crippen molar-refractivity contribution in [2.75, 3.05) is 19.0 Å². The summed E-state index contributed by atoms with van der Waals surface area (Å²) in [6.07, 6.45) is 1.58. The maximum Gasteiger partial charge on any atom is 0.216 e. The molecule has 0 amide bonds. The van der Waals surface area contributed by atoms with Gasteiger partial charge in [0.15, 0.2) is 0 Å². The van der Waals surface area contributed by atoms with Crippen LogP contribution in [0.2, 0.25) is 0 Å². The van der Waals surface area contributed by atoms with Gasteiger partial charge in [-0.3, -0.25) is 0 Å². The fourth-order valence-corrected chi connectivity index (χ4v) is 2.83. The minimum absolute atomic E-state index is 0.00517. The zero-order valence-corrected chi connectivity index (χ0v) is 13.1. The Morgan fingerprint density at radius 2 is 1.86 bits per heavy atom. The molecule has 1 N–H and O–H groups in total. The molecule has 6 nitrogen and oxygen atoms in total. The predicted octanol–water partition coefficient (Wildman–Crippen LogP) is 1.30. The Morgan fingerprint density at radius 3 is 2.50 bits per heavy atom. The number of aromatic nitrogens is 2. The summed E-state index contributed by atoms with van der Waals surface area (Å²) >= 11 is 0. The molecule has 0 saturated carbocycles. The molecule has 118 valence electrons. The minimum Gasteiger partial charge on any atom is -0.363 e. The van der Waals surface area contributed by atoms with E-state index in [4.69, 9.17) is 0 Å². The van der Waals surface area contributed by atoms with Crippen molar-refractivity contribution in [2.45, 2.75) is 12.3 Å². The molecule has 1 heterocycles. The highest BCUT2D eigenvalue weighted by atomic mass is 32.2. The highest BCUT2D eigenvalue weighted by Gasteiger charge is 2.12. The summed E-state index contributed by atoms with van der Waals surface area (Å²) in [6, 6.07) is 7.08. The van der Waals surface area contributed by atoms with Crippen molar-refractivity contribution >= 4 is 15.8 Å². The quantitative estimate of drug-likeness (QED) is 0.867. The number of nitrogens with zero attached hydrogens (tertiary/aromatic N) is 3. The van der Waals surface area contributed by atoms with Gasteiger partial charge < -0.3 is 4.90 Å². The molecule has 0 saturated heterocycles. The molecule has 0 radical (unpaired) electrons. The number of sulfonamides is 1. The van der Waals surface area contributed by atoms with Gasteiger partial charge in [0.2, 0.25) is 10.0 Å². The first-order valence-corrected chi connectivity index (χ1v) is 8.22. The smallest absolute Gasteiger partial charge is 0.216 e. The van der Waals surface area contributed by atoms with E-state index in [-0.39, 0.29) is 12.3 Å². The topological polar surface area (TPSA) is 75.2 Å². The molecule has 1 aromatic carbocycles. The van der Waals surface area contributed by atoms with Crippen LogP contribution in [0.5, 0.6) is 0 Å². The van der Waals surface area contributed by atoms with Gasteiger partial charge in [-0.05, 0) is 23.8 Å². The first kappa shape index (κ1) is 16.3. The van der Waals surface area contributed by atoms with Gasteiger partial charge in [-0.1, -0.05) is 12.1 Å². The van der Waals surface area contributed by atoms with Crippen molar-refractivity contribution in [2.24, 2.45) is 0 Å². The molecule has 2 aromatic rings. The second kappa shape index (κ2) is 6.80. The third-order valence-electron chi connectivity index (χ3n) is 2.87. The van der Waals surface area contributed by atoms with Crippen LogP contribution >= 0.6 is 0 Å². The van der Waals surface area contributed by atoms with Crippen molar-refractivity contribution in [3.63, 3.8) is 0 Å². The standard InChI is InChI=1S/C14H17FN4O2S/c1-19(2)14-7-8-16-13(18-14)9-17-22(20,21)10-11-3-5-12(15)6-4-11/h3-8,17H,9-10H2,1-2H3. The maximum absolute atomic E-state index is 12.8. The molecule has 0 spiro atoms. The zero-order valence-electron chi connectivity index (χ0n) is 12.3. The number of benzene rings is 1. The van der Waals surface area contributed by atoms with E-state index in [0.717, 1.165) is 0 Å². The highest BCUT2D eigenvalue weighted by Crippen LogP contribution is 2.08. The van der Waals surface area contributed by atoms with Crippen LogP contribution in [0.1, 0.15) is 11.4 Å². The Bertz CT molecular complexity index is 733. The van der Waals surface area contributed by atoms with Crippen LogP contribution in [0.3, 0.4) is 0 Å². The third kappa shape index (κ3) is 4.74. The van der Waals surface area contributed by atoms with E-state index in [0.29, 0.717) is 17.2 Å². The van der Waals surface area contributed by atoms with Gasteiger partial charge >= 0.3 is 0 Å². The Hall–Kier alpha value is -2.06. The largest absolute Gasteiger partial charge is 0.363 e. The van der Waals surface area contributed by atoms with Crippen LogP contribution < -0.4 is 9.62 Å². The van der Waals surface area contributed by atoms with Gasteiger partial charge in [0.05, 0.1) is 12.3 Å². The third-order valence-corrected chi connectivity index (χ3v) is 4.17. The SMILES string of the molecule is CN(C)c1ccnc(CNS(=O)(=O)Cc2ccc(F)cc2)n1. The number of hydrogen-bond donors (Lipinski definition) is 1. The summed E-state index contributed by atoms with van der Waals surface area (Å²) in [5.41, 5.74) is 0.511. The summed E-state index contributed by atoms with van der Waals surface area (Å²) in [7, 11) is 0.131. The van der Waals surface area contributed by atoms with Crippen LogP contribution in [-0.4, -0.2) is 32.5 Å². The number of hydrogen-bond acceptors (Lipinski definition) is 5. The van der Waals surface area contributed by atoms with Crippen LogP contribution in [-0.2, 0) is 22.3 Å². The predicted molar refractivity (Wildman–Crippen MR) is 82.2 cm³/mol. The lowest BCUT2D eigenvalue weighted by atomic mass is 10.2. The van der Waals surface area contributed by atoms with Crippen molar-refractivity contribution in [1.82, 2.24) is 14.7 Å². The Labute approximate surface area is 129 Å². The van der Waals surface area contributed by atoms with Crippen molar-refractivity contribution in [3.05, 3.63) is 53.7 Å². The fourth-order valence-electron chi connectivity index (χ4n) is 1.75. The average Bonchev–Trinajstić information content (AvgIpc) is 2.48. The Kier molecular flexibility index (Phi) is 5.04. The lowest BCUT2D eigenvalue weighted by Gasteiger charge is -2.12. The average molecular weight is 324 g/mol. The van der Waals surface area contributed by atoms with E-state index in [1.807, 2.05) is 14.1 Å². The summed E-state index contributed by atoms with van der Waals surface area (Å²) < 4.78 is 39.3. The Balaban J connectivity index is 2.00. The normalized spacial score (nSPS) is 11.4. The molecule has 0 aliphatic heterocycles. The Morgan fingerprint density at radius 1 is 1.18 bits per heavy atom. The molecule has 0 aliphatic carbocycles. The van der Waals surface area contributed by atoms with E-state index in [1.165, 1.54) is 24.3 Å². The molecular formula is C14H17FN4O2S. The van der Waals surface area contributed by atoms with Gasteiger partial charge in [-0.25, -0.2) is 27.5 Å². The lowest BCUT2D eigenvalue weighted by Crippen LogP contribution is -2.26. The van der Waals surface area contributed by atoms with Gasteiger partial charge in [-0.2, -0.15) is 0 Å². The first-order valence-electron chi connectivity index (χ1n) is 6.57. The highest BCUT2D eigenvalue weighted by molar-refractivity contribution is 7.88. The lowest BCUT2D eigenvalue weighted by molar-refractivity contribution is 0.578. The number of rotatable bonds is 6. The monoisotopic (exact) mass is 324 g/mol. The van der Waals surface area contributed by atoms with Crippen LogP contribution in [0.4, 0.5) is 10.2 Å². The van der Waals surface area contributed by atoms with Gasteiger partial charge in [-0.15, -0.1) is 0 Å². The molecule has 0 atom stereocenters. The van der Waals surface area contributed by atoms with Crippen LogP contribution in [0, 0.1) is 5.82 Å². The summed E-state index contributed by atoms with van der Waals surface area (Å²) in [5.74, 6) is 0.459. The molecule has 0 bridgehead atoms. The number of nitrogens with one attached hydrogen (secondary N) is 1. The summed E-state index contributed by atoms with van der Waals surface area (Å²) in [4.78, 5) is 10.1. The van der Waals surface area contributed by atoms with Gasteiger partial charge in [0.25, 0.3) is 0 Å². The minimum atomic E-state index is -3.54. The molecule has 1 aromatic heterocycles. The van der Waals surface area contributed by atoms with Crippen LogP contribution in [0.25, 0.3) is 0 Å². The second-order valence-electron chi connectivity index (χ2n) is 4.93. The molecule has 0 unspecified atom stereocenters. The van der Waals surface area contributed by atoms with Crippen LogP contribution in [0.15, 0.2) is 36.5 Å². The molecule has 8 heteroatoms. The summed E-state index contributed by atoms with van der Waals surface area (Å²) in [6.45, 7) is 0.00517. The number of halogens is 1. The van der Waals surface area contributed by atoms with E-state index < -0.39 is 15.8 Å². The fraction of sp³-hybridized carbons (Fsp3) is 0.286. The number of anilines is 1. The van der Waals surface area contributed by atoms with Crippen molar-refractivity contribution in [3.8, 4) is 0 Å². The molecule has 2 rings (SSSR count). The molecule has 0 aliphatic rings. The molecule has 0 fully saturated rings. The maximum atomic E-state index is 12.8. The van der Waals surface area contributed by atoms with Gasteiger partial charge in [0.1, 0.15) is 17.5 Å². The van der Waals surface area contributed by atoms with Crippen molar-refractivity contribution < 1.29 is 12.8 Å². The molecule has 22 heavy (non-hydrogen) atoms. The van der Waals surface area contributed by atoms with E-state index in [9.17, 15) is 12.8 Å². The van der Waals surface area contributed by atoms with Crippen molar-refractivity contribution in [1.29, 1.82) is 0 Å². The van der Waals surface area contributed by atoms with E-state index >= 15 is 0 Å². The zero-order chi connectivity index (χ0) is 16.2. The first-order chi connectivity index (χ1) is 10.4. The van der Waals surface area contributed by atoms with E-state index in [1.54, 1.807) is 17.2 Å². The van der Waals surface area contributed by atoms with Gasteiger partial charge in [0, 0.05) is 20.3 Å². The molecular weight excluding hydrogens is 307 g/mol. The second-order valence-corrected chi connectivity index (χ2v) is 6.74. The van der Waals surface area contributed by atoms with E-state index in [2.05, 4.69) is 14.7 Å².